The van der Waals surface area contributed by atoms with Crippen LogP contribution in [0.15, 0.2) is 10.2 Å². The first-order chi connectivity index (χ1) is 4.04. The van der Waals surface area contributed by atoms with E-state index in [1.165, 1.54) is 10.2 Å². The van der Waals surface area contributed by atoms with Gasteiger partial charge in [0.15, 0.2) is 0 Å². The molecule has 1 N–H and O–H groups in total. The third kappa shape index (κ3) is 4.52. The highest BCUT2D eigenvalue weighted by molar-refractivity contribution is 9.11. The summed E-state index contributed by atoms with van der Waals surface area (Å²) in [5.74, 6) is 0. The molecule has 0 spiro atoms. The second-order valence-corrected chi connectivity index (χ2v) is 3.65. The van der Waals surface area contributed by atoms with Crippen LogP contribution in [0.2, 0.25) is 0 Å². The van der Waals surface area contributed by atoms with Gasteiger partial charge < -0.3 is 5.32 Å². The predicted octanol–water partition coefficient (Wildman–Crippen LogP) is 2.63. The Morgan fingerprint density at radius 3 is 1.89 bits per heavy atom. The maximum Gasteiger partial charge on any atom is 0.0201 e. The van der Waals surface area contributed by atoms with E-state index in [1.807, 2.05) is 6.92 Å². The second-order valence-electron chi connectivity index (χ2n) is 2.46. The van der Waals surface area contributed by atoms with E-state index in [2.05, 4.69) is 42.0 Å². The molecule has 0 radical (unpaired) electrons. The maximum atomic E-state index is 3.39. The van der Waals surface area contributed by atoms with Crippen molar-refractivity contribution in [2.75, 3.05) is 0 Å². The fourth-order valence-corrected chi connectivity index (χ4v) is 0.647. The van der Waals surface area contributed by atoms with Crippen LogP contribution in [0, 0.1) is 0 Å². The van der Waals surface area contributed by atoms with E-state index in [-0.39, 0.29) is 0 Å². The summed E-state index contributed by atoms with van der Waals surface area (Å²) in [5, 5.41) is 3.27. The minimum absolute atomic E-state index is 0.525. The van der Waals surface area contributed by atoms with E-state index in [9.17, 15) is 0 Å². The average Bonchev–Trinajstić information content (AvgIpc) is 1.63. The van der Waals surface area contributed by atoms with Crippen molar-refractivity contribution in [3.8, 4) is 0 Å². The Labute approximate surface area is 65.7 Å². The highest BCUT2D eigenvalue weighted by Crippen LogP contribution is 2.07. The molecule has 0 fully saturated rings. The van der Waals surface area contributed by atoms with Crippen LogP contribution in [0.3, 0.4) is 0 Å². The first kappa shape index (κ1) is 9.02. The van der Waals surface area contributed by atoms with E-state index in [1.54, 1.807) is 0 Å². The van der Waals surface area contributed by atoms with Gasteiger partial charge in [-0.05, 0) is 27.7 Å². The summed E-state index contributed by atoms with van der Waals surface area (Å²) in [4.78, 5) is 0. The molecule has 1 nitrogen and oxygen atoms in total. The maximum absolute atomic E-state index is 3.39. The standard InChI is InChI=1S/C7H14BrN/c1-5(2)9-7(4)6(3)8/h5,9H,1-4H3/b7-6-. The Morgan fingerprint density at radius 1 is 1.33 bits per heavy atom. The molecular formula is C7H14BrN. The monoisotopic (exact) mass is 191 g/mol. The van der Waals surface area contributed by atoms with Crippen LogP contribution in [0.4, 0.5) is 0 Å². The van der Waals surface area contributed by atoms with Gasteiger partial charge in [0.2, 0.25) is 0 Å². The lowest BCUT2D eigenvalue weighted by Gasteiger charge is -2.10. The van der Waals surface area contributed by atoms with Crippen molar-refractivity contribution in [2.24, 2.45) is 0 Å². The average molecular weight is 192 g/mol. The van der Waals surface area contributed by atoms with E-state index in [0.29, 0.717) is 6.04 Å². The van der Waals surface area contributed by atoms with Crippen molar-refractivity contribution < 1.29 is 0 Å². The van der Waals surface area contributed by atoms with Crippen LogP contribution in [-0.4, -0.2) is 6.04 Å². The van der Waals surface area contributed by atoms with Gasteiger partial charge in [-0.1, -0.05) is 15.9 Å². The molecule has 0 aromatic carbocycles. The SMILES string of the molecule is C/C(Br)=C(\C)NC(C)C. The summed E-state index contributed by atoms with van der Waals surface area (Å²) < 4.78 is 1.18. The van der Waals surface area contributed by atoms with E-state index < -0.39 is 0 Å². The van der Waals surface area contributed by atoms with Gasteiger partial charge in [0.25, 0.3) is 0 Å². The van der Waals surface area contributed by atoms with Gasteiger partial charge in [-0.3, -0.25) is 0 Å². The summed E-state index contributed by atoms with van der Waals surface area (Å²) in [5.41, 5.74) is 1.21. The molecule has 2 heteroatoms. The van der Waals surface area contributed by atoms with Crippen molar-refractivity contribution in [2.45, 2.75) is 33.7 Å². The molecule has 0 aromatic heterocycles. The first-order valence-corrected chi connectivity index (χ1v) is 3.93. The van der Waals surface area contributed by atoms with Gasteiger partial charge in [-0.15, -0.1) is 0 Å². The molecule has 0 rings (SSSR count). The minimum Gasteiger partial charge on any atom is -0.386 e. The second kappa shape index (κ2) is 3.94. The van der Waals surface area contributed by atoms with Gasteiger partial charge in [0, 0.05) is 16.2 Å². The third-order valence-electron chi connectivity index (χ3n) is 1.02. The molecule has 0 saturated heterocycles. The fraction of sp³-hybridized carbons (Fsp3) is 0.714. The number of hydrogen-bond donors (Lipinski definition) is 1. The van der Waals surface area contributed by atoms with Gasteiger partial charge in [0.05, 0.1) is 0 Å². The van der Waals surface area contributed by atoms with Gasteiger partial charge in [-0.25, -0.2) is 0 Å². The molecule has 0 aliphatic heterocycles. The van der Waals surface area contributed by atoms with Crippen molar-refractivity contribution in [1.29, 1.82) is 0 Å². The summed E-state index contributed by atoms with van der Waals surface area (Å²) in [6.07, 6.45) is 0. The Bertz CT molecular complexity index is 112. The molecule has 0 amide bonds. The minimum atomic E-state index is 0.525. The predicted molar refractivity (Wildman–Crippen MR) is 45.6 cm³/mol. The zero-order valence-electron chi connectivity index (χ0n) is 6.46. The Balaban J connectivity index is 3.77. The molecule has 0 aromatic rings. The quantitative estimate of drug-likeness (QED) is 0.709. The summed E-state index contributed by atoms with van der Waals surface area (Å²) in [6, 6.07) is 0.525. The van der Waals surface area contributed by atoms with Crippen molar-refractivity contribution in [1.82, 2.24) is 5.32 Å². The summed E-state index contributed by atoms with van der Waals surface area (Å²) >= 11 is 3.39. The van der Waals surface area contributed by atoms with Crippen LogP contribution >= 0.6 is 15.9 Å². The van der Waals surface area contributed by atoms with Crippen LogP contribution in [-0.2, 0) is 0 Å². The van der Waals surface area contributed by atoms with Crippen molar-refractivity contribution in [3.63, 3.8) is 0 Å². The lowest BCUT2D eigenvalue weighted by Crippen LogP contribution is -2.20. The fourth-order valence-electron chi connectivity index (χ4n) is 0.532. The molecule has 0 atom stereocenters. The summed E-state index contributed by atoms with van der Waals surface area (Å²) in [7, 11) is 0. The molecule has 0 aliphatic carbocycles. The highest BCUT2D eigenvalue weighted by Gasteiger charge is 1.93. The van der Waals surface area contributed by atoms with Crippen molar-refractivity contribution >= 4 is 15.9 Å². The number of allylic oxidation sites excluding steroid dienone is 2. The molecular weight excluding hydrogens is 178 g/mol. The molecule has 0 bridgehead atoms. The van der Waals surface area contributed by atoms with E-state index in [4.69, 9.17) is 0 Å². The van der Waals surface area contributed by atoms with Crippen LogP contribution < -0.4 is 5.32 Å². The van der Waals surface area contributed by atoms with Crippen LogP contribution in [0.1, 0.15) is 27.7 Å². The van der Waals surface area contributed by atoms with Crippen molar-refractivity contribution in [3.05, 3.63) is 10.2 Å². The number of rotatable bonds is 2. The van der Waals surface area contributed by atoms with Crippen LogP contribution in [0.25, 0.3) is 0 Å². The molecule has 54 valence electrons. The topological polar surface area (TPSA) is 12.0 Å². The summed E-state index contributed by atoms with van der Waals surface area (Å²) in [6.45, 7) is 8.34. The van der Waals surface area contributed by atoms with Gasteiger partial charge >= 0.3 is 0 Å². The number of halogens is 1. The van der Waals surface area contributed by atoms with Gasteiger partial charge in [0.1, 0.15) is 0 Å². The third-order valence-corrected chi connectivity index (χ3v) is 1.62. The molecule has 9 heavy (non-hydrogen) atoms. The first-order valence-electron chi connectivity index (χ1n) is 3.13. The van der Waals surface area contributed by atoms with E-state index in [0.717, 1.165) is 0 Å². The van der Waals surface area contributed by atoms with Crippen LogP contribution in [0.5, 0.6) is 0 Å². The van der Waals surface area contributed by atoms with Gasteiger partial charge in [-0.2, -0.15) is 0 Å². The smallest absolute Gasteiger partial charge is 0.0201 e. The molecule has 0 aliphatic rings. The van der Waals surface area contributed by atoms with E-state index >= 15 is 0 Å². The largest absolute Gasteiger partial charge is 0.386 e. The lowest BCUT2D eigenvalue weighted by molar-refractivity contribution is 0.667. The lowest BCUT2D eigenvalue weighted by atomic mass is 10.3. The Kier molecular flexibility index (Phi) is 3.95. The molecule has 0 saturated carbocycles. The Morgan fingerprint density at radius 2 is 1.78 bits per heavy atom. The zero-order valence-corrected chi connectivity index (χ0v) is 8.04. The normalized spacial score (nSPS) is 13.6. The number of nitrogens with one attached hydrogen (secondary N) is 1. The number of hydrogen-bond acceptors (Lipinski definition) is 1. The molecule has 0 unspecified atom stereocenters. The zero-order chi connectivity index (χ0) is 7.44. The molecule has 0 heterocycles. The highest BCUT2D eigenvalue weighted by atomic mass is 79.9. The Hall–Kier alpha value is 0.0200.